The van der Waals surface area contributed by atoms with E-state index in [0.29, 0.717) is 4.99 Å². The first kappa shape index (κ1) is 14.4. The molecule has 0 spiro atoms. The van der Waals surface area contributed by atoms with Gasteiger partial charge in [0.25, 0.3) is 0 Å². The highest BCUT2D eigenvalue weighted by molar-refractivity contribution is 7.80. The fourth-order valence-corrected chi connectivity index (χ4v) is 2.31. The molecule has 2 aromatic heterocycles. The summed E-state index contributed by atoms with van der Waals surface area (Å²) in [4.78, 5) is 9.14. The Labute approximate surface area is 134 Å². The quantitative estimate of drug-likeness (QED) is 0.696. The smallest absolute Gasteiger partial charge is 0.152 e. The minimum Gasteiger partial charge on any atom is -0.350 e. The van der Waals surface area contributed by atoms with Crippen LogP contribution in [0.5, 0.6) is 0 Å². The Morgan fingerprint density at radius 3 is 2.36 bits per heavy atom. The Morgan fingerprint density at radius 2 is 1.68 bits per heavy atom. The van der Waals surface area contributed by atoms with Gasteiger partial charge in [0.2, 0.25) is 0 Å². The minimum atomic E-state index is 0.501. The second-order valence-corrected chi connectivity index (χ2v) is 5.23. The molecule has 2 heterocycles. The second-order valence-electron chi connectivity index (χ2n) is 4.85. The summed E-state index contributed by atoms with van der Waals surface area (Å²) in [5, 5.41) is 0.833. The molecular formula is C18H15N3S. The van der Waals surface area contributed by atoms with E-state index >= 15 is 0 Å². The lowest BCUT2D eigenvalue weighted by atomic mass is 10.2. The molecule has 0 unspecified atom stereocenters. The van der Waals surface area contributed by atoms with Gasteiger partial charge >= 0.3 is 0 Å². The van der Waals surface area contributed by atoms with E-state index in [1.807, 2.05) is 60.9 Å². The topological polar surface area (TPSA) is 30.2 Å². The van der Waals surface area contributed by atoms with E-state index < -0.39 is 0 Å². The van der Waals surface area contributed by atoms with Gasteiger partial charge in [-0.05, 0) is 29.8 Å². The van der Waals surface area contributed by atoms with Crippen LogP contribution < -0.4 is 5.36 Å². The molecule has 1 aromatic carbocycles. The Morgan fingerprint density at radius 1 is 0.955 bits per heavy atom. The van der Waals surface area contributed by atoms with Crippen LogP contribution in [-0.4, -0.2) is 14.5 Å². The molecule has 0 saturated carbocycles. The Bertz CT molecular complexity index is 803. The van der Waals surface area contributed by atoms with Crippen molar-refractivity contribution in [1.29, 1.82) is 0 Å². The van der Waals surface area contributed by atoms with Crippen LogP contribution in [0, 0.1) is 0 Å². The van der Waals surface area contributed by atoms with Crippen molar-refractivity contribution >= 4 is 17.2 Å². The Hall–Kier alpha value is -2.59. The van der Waals surface area contributed by atoms with Crippen molar-refractivity contribution in [3.63, 3.8) is 0 Å². The highest BCUT2D eigenvalue weighted by atomic mass is 32.1. The molecule has 0 aliphatic carbocycles. The molecule has 0 bridgehead atoms. The number of nitrogens with zero attached hydrogens (tertiary/aromatic N) is 3. The van der Waals surface area contributed by atoms with Crippen LogP contribution in [0.2, 0.25) is 0 Å². The highest BCUT2D eigenvalue weighted by Crippen LogP contribution is 2.01. The molecule has 0 amide bonds. The van der Waals surface area contributed by atoms with Gasteiger partial charge in [-0.25, -0.2) is 4.99 Å². The van der Waals surface area contributed by atoms with E-state index in [-0.39, 0.29) is 0 Å². The van der Waals surface area contributed by atoms with Crippen molar-refractivity contribution in [1.82, 2.24) is 9.55 Å². The van der Waals surface area contributed by atoms with E-state index in [9.17, 15) is 0 Å². The van der Waals surface area contributed by atoms with Crippen LogP contribution in [0.3, 0.4) is 0 Å². The van der Waals surface area contributed by atoms with Crippen LogP contribution in [-0.2, 0) is 6.54 Å². The molecule has 0 aliphatic heterocycles. The molecular weight excluding hydrogens is 290 g/mol. The lowest BCUT2D eigenvalue weighted by molar-refractivity contribution is 0.788. The number of hydrogen-bond acceptors (Lipinski definition) is 2. The van der Waals surface area contributed by atoms with E-state index in [0.717, 1.165) is 17.6 Å². The number of thiocarbonyl (C=S) groups is 1. The second kappa shape index (κ2) is 6.91. The summed E-state index contributed by atoms with van der Waals surface area (Å²) in [6.45, 7) is 0.839. The lowest BCUT2D eigenvalue weighted by Crippen LogP contribution is -2.09. The van der Waals surface area contributed by atoms with Gasteiger partial charge in [-0.1, -0.05) is 48.6 Å². The summed E-state index contributed by atoms with van der Waals surface area (Å²) in [6.07, 6.45) is 5.73. The summed E-state index contributed by atoms with van der Waals surface area (Å²) in [5.41, 5.74) is 1.99. The number of pyridine rings is 2. The first-order valence-electron chi connectivity index (χ1n) is 7.01. The van der Waals surface area contributed by atoms with Crippen LogP contribution >= 0.6 is 12.2 Å². The third-order valence-electron chi connectivity index (χ3n) is 3.20. The summed E-state index contributed by atoms with van der Waals surface area (Å²) in [6, 6.07) is 19.9. The van der Waals surface area contributed by atoms with Gasteiger partial charge in [0, 0.05) is 25.1 Å². The number of hydrogen-bond donors (Lipinski definition) is 0. The van der Waals surface area contributed by atoms with Gasteiger partial charge in [-0.3, -0.25) is 4.98 Å². The zero-order valence-corrected chi connectivity index (χ0v) is 12.8. The highest BCUT2D eigenvalue weighted by Gasteiger charge is 1.98. The van der Waals surface area contributed by atoms with Crippen molar-refractivity contribution in [2.75, 3.05) is 0 Å². The molecule has 0 saturated heterocycles. The number of benzene rings is 1. The van der Waals surface area contributed by atoms with Gasteiger partial charge in [-0.15, -0.1) is 0 Å². The normalized spacial score (nSPS) is 10.2. The van der Waals surface area contributed by atoms with Crippen molar-refractivity contribution in [2.45, 2.75) is 6.54 Å². The zero-order chi connectivity index (χ0) is 15.2. The predicted octanol–water partition coefficient (Wildman–Crippen LogP) is 3.21. The summed E-state index contributed by atoms with van der Waals surface area (Å²) >= 11 is 5.30. The Balaban J connectivity index is 1.77. The van der Waals surface area contributed by atoms with Gasteiger partial charge in [0.1, 0.15) is 0 Å². The summed E-state index contributed by atoms with van der Waals surface area (Å²) in [5.74, 6) is 0. The van der Waals surface area contributed by atoms with Gasteiger partial charge < -0.3 is 4.57 Å². The average Bonchev–Trinajstić information content (AvgIpc) is 2.58. The van der Waals surface area contributed by atoms with Crippen molar-refractivity contribution in [2.24, 2.45) is 4.99 Å². The van der Waals surface area contributed by atoms with Crippen LogP contribution in [0.15, 0.2) is 84.2 Å². The third-order valence-corrected chi connectivity index (χ3v) is 3.50. The molecule has 3 nitrogen and oxygen atoms in total. The molecule has 0 fully saturated rings. The van der Waals surface area contributed by atoms with Gasteiger partial charge in [0.15, 0.2) is 4.99 Å². The molecule has 3 rings (SSSR count). The minimum absolute atomic E-state index is 0.501. The maximum Gasteiger partial charge on any atom is 0.152 e. The summed E-state index contributed by atoms with van der Waals surface area (Å²) in [7, 11) is 0. The maximum atomic E-state index is 5.30. The molecule has 3 aromatic rings. The monoisotopic (exact) mass is 305 g/mol. The molecule has 0 aliphatic rings. The Kier molecular flexibility index (Phi) is 4.51. The standard InChI is InChI=1S/C18H15N3S/c22-18(17-8-4-5-11-19-17)20-16-9-12-21(13-10-16)14-15-6-2-1-3-7-15/h1-13H,14H2. The van der Waals surface area contributed by atoms with E-state index in [1.54, 1.807) is 6.20 Å². The lowest BCUT2D eigenvalue weighted by Gasteiger charge is -2.05. The van der Waals surface area contributed by atoms with Crippen molar-refractivity contribution in [3.8, 4) is 0 Å². The SMILES string of the molecule is S=C(N=c1ccn(Cc2ccccc2)cc1)c1ccccn1. The van der Waals surface area contributed by atoms with Crippen LogP contribution in [0.25, 0.3) is 0 Å². The fraction of sp³-hybridized carbons (Fsp3) is 0.0556. The third kappa shape index (κ3) is 3.74. The fourth-order valence-electron chi connectivity index (χ4n) is 2.09. The first-order valence-corrected chi connectivity index (χ1v) is 7.42. The maximum absolute atomic E-state index is 5.30. The zero-order valence-electron chi connectivity index (χ0n) is 12.0. The van der Waals surface area contributed by atoms with E-state index in [4.69, 9.17) is 12.2 Å². The summed E-state index contributed by atoms with van der Waals surface area (Å²) < 4.78 is 2.11. The molecule has 0 N–H and O–H groups in total. The number of aromatic nitrogens is 2. The van der Waals surface area contributed by atoms with Crippen LogP contribution in [0.4, 0.5) is 0 Å². The molecule has 4 heteroatoms. The first-order chi connectivity index (χ1) is 10.8. The van der Waals surface area contributed by atoms with Gasteiger partial charge in [0.05, 0.1) is 11.1 Å². The van der Waals surface area contributed by atoms with E-state index in [1.165, 1.54) is 5.56 Å². The predicted molar refractivity (Wildman–Crippen MR) is 91.5 cm³/mol. The van der Waals surface area contributed by atoms with E-state index in [2.05, 4.69) is 26.7 Å². The van der Waals surface area contributed by atoms with Crippen molar-refractivity contribution in [3.05, 3.63) is 95.9 Å². The van der Waals surface area contributed by atoms with Crippen LogP contribution in [0.1, 0.15) is 11.3 Å². The van der Waals surface area contributed by atoms with Crippen molar-refractivity contribution < 1.29 is 0 Å². The van der Waals surface area contributed by atoms with Gasteiger partial charge in [-0.2, -0.15) is 0 Å². The molecule has 108 valence electrons. The average molecular weight is 305 g/mol. The number of rotatable bonds is 3. The molecule has 22 heavy (non-hydrogen) atoms. The molecule has 0 atom stereocenters. The largest absolute Gasteiger partial charge is 0.350 e. The molecule has 0 radical (unpaired) electrons.